The summed E-state index contributed by atoms with van der Waals surface area (Å²) in [7, 11) is 0. The highest BCUT2D eigenvalue weighted by Gasteiger charge is 2.25. The summed E-state index contributed by atoms with van der Waals surface area (Å²) in [5.41, 5.74) is 0.451. The van der Waals surface area contributed by atoms with Gasteiger partial charge in [-0.3, -0.25) is 4.79 Å². The van der Waals surface area contributed by atoms with Crippen molar-refractivity contribution in [2.24, 2.45) is 0 Å². The number of carboxylic acid groups (broad SMARTS) is 1. The molecule has 1 heterocycles. The molecule has 7 nitrogen and oxygen atoms in total. The molecule has 1 aromatic heterocycles. The number of hydrogen-bond donors (Lipinski definition) is 2. The van der Waals surface area contributed by atoms with E-state index in [9.17, 15) is 9.59 Å². The average molecular weight is 252 g/mol. The van der Waals surface area contributed by atoms with E-state index < -0.39 is 5.97 Å². The van der Waals surface area contributed by atoms with E-state index in [-0.39, 0.29) is 24.2 Å². The molecule has 1 aliphatic rings. The van der Waals surface area contributed by atoms with Crippen LogP contribution in [0, 0.1) is 0 Å². The van der Waals surface area contributed by atoms with Gasteiger partial charge in [-0.2, -0.15) is 0 Å². The molecule has 0 unspecified atom stereocenters. The van der Waals surface area contributed by atoms with Gasteiger partial charge < -0.3 is 10.4 Å². The highest BCUT2D eigenvalue weighted by Crippen LogP contribution is 2.18. The molecular weight excluding hydrogens is 236 g/mol. The van der Waals surface area contributed by atoms with Crippen LogP contribution >= 0.6 is 0 Å². The van der Waals surface area contributed by atoms with E-state index >= 15 is 0 Å². The molecule has 1 saturated carbocycles. The molecule has 18 heavy (non-hydrogen) atoms. The zero-order valence-corrected chi connectivity index (χ0v) is 10.2. The summed E-state index contributed by atoms with van der Waals surface area (Å²) in [5, 5.41) is 19.2. The predicted octanol–water partition coefficient (Wildman–Crippen LogP) is 0.207. The Labute approximate surface area is 104 Å². The van der Waals surface area contributed by atoms with E-state index in [0.29, 0.717) is 12.1 Å². The number of carbonyl (C=O) groups excluding carboxylic acids is 1. The van der Waals surface area contributed by atoms with Crippen LogP contribution in [0.1, 0.15) is 42.4 Å². The van der Waals surface area contributed by atoms with Crippen molar-refractivity contribution in [2.75, 3.05) is 0 Å². The second-order valence-corrected chi connectivity index (χ2v) is 4.44. The van der Waals surface area contributed by atoms with Gasteiger partial charge in [-0.05, 0) is 19.3 Å². The Morgan fingerprint density at radius 1 is 1.50 bits per heavy atom. The largest absolute Gasteiger partial charge is 0.476 e. The standard InChI is InChI=1S/C11H16N4O3/c1-2-3-8-10(11(17)18)13-14-15(8)6-9(16)12-7-4-5-7/h7H,2-6H2,1H3,(H,12,16)(H,17,18). The minimum Gasteiger partial charge on any atom is -0.476 e. The Morgan fingerprint density at radius 3 is 2.78 bits per heavy atom. The number of amides is 1. The smallest absolute Gasteiger partial charge is 0.358 e. The van der Waals surface area contributed by atoms with Gasteiger partial charge in [-0.1, -0.05) is 18.6 Å². The van der Waals surface area contributed by atoms with Gasteiger partial charge >= 0.3 is 5.97 Å². The van der Waals surface area contributed by atoms with E-state index in [4.69, 9.17) is 5.11 Å². The molecule has 0 radical (unpaired) electrons. The number of nitrogens with one attached hydrogen (secondary N) is 1. The van der Waals surface area contributed by atoms with Crippen LogP contribution in [0.3, 0.4) is 0 Å². The average Bonchev–Trinajstić information content (AvgIpc) is 3.02. The Hall–Kier alpha value is -1.92. The molecule has 2 N–H and O–H groups in total. The number of aromatic carboxylic acids is 1. The molecule has 2 rings (SSSR count). The number of aromatic nitrogens is 3. The zero-order valence-electron chi connectivity index (χ0n) is 10.2. The maximum Gasteiger partial charge on any atom is 0.358 e. The number of carbonyl (C=O) groups is 2. The molecule has 0 aromatic carbocycles. The van der Waals surface area contributed by atoms with Gasteiger partial charge in [-0.25, -0.2) is 9.48 Å². The van der Waals surface area contributed by atoms with Crippen LogP contribution in [-0.4, -0.2) is 38.0 Å². The topological polar surface area (TPSA) is 97.1 Å². The molecule has 1 aliphatic carbocycles. The third-order valence-electron chi connectivity index (χ3n) is 2.76. The monoisotopic (exact) mass is 252 g/mol. The Balaban J connectivity index is 2.10. The van der Waals surface area contributed by atoms with Crippen LogP contribution in [0.25, 0.3) is 0 Å². The molecular formula is C11H16N4O3. The molecule has 1 fully saturated rings. The minimum absolute atomic E-state index is 0.0338. The van der Waals surface area contributed by atoms with Gasteiger partial charge in [0.2, 0.25) is 5.91 Å². The molecule has 0 atom stereocenters. The molecule has 98 valence electrons. The van der Waals surface area contributed by atoms with Gasteiger partial charge in [0.1, 0.15) is 6.54 Å². The summed E-state index contributed by atoms with van der Waals surface area (Å²) >= 11 is 0. The molecule has 0 aliphatic heterocycles. The third kappa shape index (κ3) is 2.85. The fourth-order valence-corrected chi connectivity index (χ4v) is 1.75. The fraction of sp³-hybridized carbons (Fsp3) is 0.636. The van der Waals surface area contributed by atoms with Crippen molar-refractivity contribution in [3.05, 3.63) is 11.4 Å². The van der Waals surface area contributed by atoms with Crippen molar-refractivity contribution in [1.82, 2.24) is 20.3 Å². The normalized spacial score (nSPS) is 14.5. The summed E-state index contributed by atoms with van der Waals surface area (Å²) in [4.78, 5) is 22.6. The Bertz CT molecular complexity index is 465. The van der Waals surface area contributed by atoms with Crippen LogP contribution in [-0.2, 0) is 17.8 Å². The maximum atomic E-state index is 11.7. The fourth-order valence-electron chi connectivity index (χ4n) is 1.75. The summed E-state index contributed by atoms with van der Waals surface area (Å²) in [5.74, 6) is -1.25. The first-order valence-corrected chi connectivity index (χ1v) is 6.06. The van der Waals surface area contributed by atoms with Gasteiger partial charge in [0, 0.05) is 6.04 Å². The summed E-state index contributed by atoms with van der Waals surface area (Å²) in [6.45, 7) is 1.97. The summed E-state index contributed by atoms with van der Waals surface area (Å²) in [6.07, 6.45) is 3.36. The molecule has 0 saturated heterocycles. The quantitative estimate of drug-likeness (QED) is 0.754. The van der Waals surface area contributed by atoms with E-state index in [1.54, 1.807) is 0 Å². The first kappa shape index (κ1) is 12.5. The lowest BCUT2D eigenvalue weighted by Crippen LogP contribution is -2.30. The van der Waals surface area contributed by atoms with Crippen molar-refractivity contribution in [1.29, 1.82) is 0 Å². The van der Waals surface area contributed by atoms with E-state index in [1.807, 2.05) is 6.92 Å². The molecule has 0 bridgehead atoms. The third-order valence-corrected chi connectivity index (χ3v) is 2.76. The minimum atomic E-state index is -1.10. The highest BCUT2D eigenvalue weighted by atomic mass is 16.4. The SMILES string of the molecule is CCCc1c(C(=O)O)nnn1CC(=O)NC1CC1. The van der Waals surface area contributed by atoms with Gasteiger partial charge in [0.05, 0.1) is 5.69 Å². The first-order chi connectivity index (χ1) is 8.61. The highest BCUT2D eigenvalue weighted by molar-refractivity contribution is 5.86. The second kappa shape index (κ2) is 5.16. The summed E-state index contributed by atoms with van der Waals surface area (Å²) < 4.78 is 1.38. The van der Waals surface area contributed by atoms with E-state index in [1.165, 1.54) is 4.68 Å². The van der Waals surface area contributed by atoms with E-state index in [0.717, 1.165) is 19.3 Å². The predicted molar refractivity (Wildman–Crippen MR) is 62.1 cm³/mol. The van der Waals surface area contributed by atoms with Crippen molar-refractivity contribution >= 4 is 11.9 Å². The molecule has 1 aromatic rings. The molecule has 1 amide bonds. The molecule has 0 spiro atoms. The van der Waals surface area contributed by atoms with Crippen molar-refractivity contribution in [2.45, 2.75) is 45.2 Å². The van der Waals surface area contributed by atoms with Crippen LogP contribution in [0.5, 0.6) is 0 Å². The van der Waals surface area contributed by atoms with Gasteiger partial charge in [-0.15, -0.1) is 5.10 Å². The summed E-state index contributed by atoms with van der Waals surface area (Å²) in [6, 6.07) is 0.287. The maximum absolute atomic E-state index is 11.7. The number of carboxylic acids is 1. The van der Waals surface area contributed by atoms with Crippen molar-refractivity contribution in [3.8, 4) is 0 Å². The van der Waals surface area contributed by atoms with Crippen LogP contribution in [0.2, 0.25) is 0 Å². The van der Waals surface area contributed by atoms with Crippen molar-refractivity contribution < 1.29 is 14.7 Å². The lowest BCUT2D eigenvalue weighted by molar-refractivity contribution is -0.122. The Kier molecular flexibility index (Phi) is 3.59. The lowest BCUT2D eigenvalue weighted by atomic mass is 10.2. The second-order valence-electron chi connectivity index (χ2n) is 4.44. The van der Waals surface area contributed by atoms with Crippen molar-refractivity contribution in [3.63, 3.8) is 0 Å². The van der Waals surface area contributed by atoms with Crippen LogP contribution in [0.4, 0.5) is 0 Å². The van der Waals surface area contributed by atoms with E-state index in [2.05, 4.69) is 15.6 Å². The number of nitrogens with zero attached hydrogens (tertiary/aromatic N) is 3. The zero-order chi connectivity index (χ0) is 13.1. The molecule has 7 heteroatoms. The first-order valence-electron chi connectivity index (χ1n) is 6.06. The van der Waals surface area contributed by atoms with Gasteiger partial charge in [0.25, 0.3) is 0 Å². The number of rotatable bonds is 6. The number of hydrogen-bond acceptors (Lipinski definition) is 4. The van der Waals surface area contributed by atoms with Crippen LogP contribution in [0.15, 0.2) is 0 Å². The van der Waals surface area contributed by atoms with Crippen LogP contribution < -0.4 is 5.32 Å². The van der Waals surface area contributed by atoms with Gasteiger partial charge in [0.15, 0.2) is 5.69 Å². The lowest BCUT2D eigenvalue weighted by Gasteiger charge is -2.06. The Morgan fingerprint density at radius 2 is 2.22 bits per heavy atom.